The molecule has 3 rings (SSSR count). The van der Waals surface area contributed by atoms with E-state index in [-0.39, 0.29) is 32.9 Å². The molecule has 0 fully saturated rings. The highest BCUT2D eigenvalue weighted by Gasteiger charge is 2.31. The number of ether oxygens (including phenoxy) is 1. The van der Waals surface area contributed by atoms with Gasteiger partial charge in [0, 0.05) is 16.9 Å². The van der Waals surface area contributed by atoms with Crippen LogP contribution in [0.15, 0.2) is 71.8 Å². The second kappa shape index (κ2) is 10.5. The summed E-state index contributed by atoms with van der Waals surface area (Å²) >= 11 is 6.05. The number of carbonyl (C=O) groups is 1. The van der Waals surface area contributed by atoms with Gasteiger partial charge in [0.05, 0.1) is 23.9 Å². The van der Waals surface area contributed by atoms with Crippen molar-refractivity contribution in [2.45, 2.75) is 17.9 Å². The minimum absolute atomic E-state index is 0.0457. The van der Waals surface area contributed by atoms with Gasteiger partial charge in [0.2, 0.25) is 15.9 Å². The number of rotatable bonds is 9. The van der Waals surface area contributed by atoms with Gasteiger partial charge >= 0.3 is 0 Å². The largest absolute Gasteiger partial charge is 0.495 e. The number of carbonyl (C=O) groups excluding carboxylic acids is 1. The van der Waals surface area contributed by atoms with Gasteiger partial charge in [-0.05, 0) is 61.5 Å². The molecule has 0 unspecified atom stereocenters. The molecule has 35 heavy (non-hydrogen) atoms. The Bertz CT molecular complexity index is 1420. The van der Waals surface area contributed by atoms with Crippen molar-refractivity contribution in [3.63, 3.8) is 0 Å². The van der Waals surface area contributed by atoms with Crippen LogP contribution in [-0.4, -0.2) is 47.1 Å². The highest BCUT2D eigenvalue weighted by molar-refractivity contribution is 7.92. The minimum atomic E-state index is -3.92. The van der Waals surface area contributed by atoms with E-state index >= 15 is 0 Å². The van der Waals surface area contributed by atoms with Gasteiger partial charge in [-0.3, -0.25) is 13.8 Å². The Hall–Kier alpha value is -3.35. The van der Waals surface area contributed by atoms with Crippen LogP contribution in [-0.2, 0) is 24.8 Å². The van der Waals surface area contributed by atoms with Crippen LogP contribution in [0.2, 0.25) is 5.02 Å². The van der Waals surface area contributed by atoms with Crippen molar-refractivity contribution < 1.29 is 26.4 Å². The van der Waals surface area contributed by atoms with Gasteiger partial charge in [-0.15, -0.1) is 0 Å². The number of pyridine rings is 1. The Kier molecular flexibility index (Phi) is 7.88. The molecule has 1 amide bonds. The summed E-state index contributed by atoms with van der Waals surface area (Å²) in [6.45, 7) is 1.41. The number of nitrogens with zero attached hydrogens (tertiary/aromatic N) is 2. The van der Waals surface area contributed by atoms with E-state index in [0.29, 0.717) is 0 Å². The highest BCUT2D eigenvalue weighted by Crippen LogP contribution is 2.34. The predicted octanol–water partition coefficient (Wildman–Crippen LogP) is 3.34. The number of hydrogen-bond donors (Lipinski definition) is 2. The molecule has 0 bridgehead atoms. The van der Waals surface area contributed by atoms with Crippen LogP contribution in [0.4, 0.5) is 17.2 Å². The SMILES string of the molecule is COc1ccc(Cl)cc1N([C@H](C)C(=O)Nc1ccc(S(=O)(=O)Nc2ccccn2)cc1)S(C)(=O)=O. The summed E-state index contributed by atoms with van der Waals surface area (Å²) in [5, 5.41) is 2.86. The molecular weight excluding hydrogens is 516 g/mol. The van der Waals surface area contributed by atoms with Gasteiger partial charge in [-0.1, -0.05) is 17.7 Å². The van der Waals surface area contributed by atoms with Crippen molar-refractivity contribution in [2.24, 2.45) is 0 Å². The average molecular weight is 539 g/mol. The number of nitrogens with one attached hydrogen (secondary N) is 2. The van der Waals surface area contributed by atoms with E-state index in [1.807, 2.05) is 0 Å². The molecule has 10 nitrogen and oxygen atoms in total. The molecule has 0 aliphatic heterocycles. The zero-order valence-corrected chi connectivity index (χ0v) is 21.4. The van der Waals surface area contributed by atoms with Crippen molar-refractivity contribution in [1.29, 1.82) is 0 Å². The molecule has 186 valence electrons. The lowest BCUT2D eigenvalue weighted by Gasteiger charge is -2.29. The fourth-order valence-electron chi connectivity index (χ4n) is 3.20. The Balaban J connectivity index is 1.81. The maximum atomic E-state index is 13.0. The number of halogens is 1. The van der Waals surface area contributed by atoms with Crippen LogP contribution in [0.3, 0.4) is 0 Å². The van der Waals surface area contributed by atoms with Gasteiger partial charge in [0.1, 0.15) is 17.6 Å². The number of anilines is 3. The first-order valence-corrected chi connectivity index (χ1v) is 13.8. The minimum Gasteiger partial charge on any atom is -0.495 e. The topological polar surface area (TPSA) is 135 Å². The maximum Gasteiger partial charge on any atom is 0.263 e. The van der Waals surface area contributed by atoms with Crippen molar-refractivity contribution in [1.82, 2.24) is 4.98 Å². The van der Waals surface area contributed by atoms with E-state index in [1.54, 1.807) is 12.1 Å². The Morgan fingerprint density at radius 2 is 1.74 bits per heavy atom. The van der Waals surface area contributed by atoms with Crippen LogP contribution >= 0.6 is 11.6 Å². The van der Waals surface area contributed by atoms with Gasteiger partial charge < -0.3 is 10.1 Å². The number of hydrogen-bond acceptors (Lipinski definition) is 7. The van der Waals surface area contributed by atoms with Crippen LogP contribution in [0.25, 0.3) is 0 Å². The lowest BCUT2D eigenvalue weighted by Crippen LogP contribution is -2.45. The summed E-state index contributed by atoms with van der Waals surface area (Å²) in [6.07, 6.45) is 2.42. The molecule has 1 aromatic heterocycles. The second-order valence-corrected chi connectivity index (χ2v) is 11.4. The maximum absolute atomic E-state index is 13.0. The first-order valence-electron chi connectivity index (χ1n) is 10.1. The highest BCUT2D eigenvalue weighted by atomic mass is 35.5. The normalized spacial score (nSPS) is 12.5. The van der Waals surface area contributed by atoms with Crippen LogP contribution in [0.1, 0.15) is 6.92 Å². The number of aromatic nitrogens is 1. The third-order valence-corrected chi connectivity index (χ3v) is 7.64. The molecule has 3 aromatic rings. The van der Waals surface area contributed by atoms with E-state index < -0.39 is 32.0 Å². The Morgan fingerprint density at radius 3 is 2.31 bits per heavy atom. The van der Waals surface area contributed by atoms with E-state index in [1.165, 1.54) is 68.8 Å². The van der Waals surface area contributed by atoms with E-state index in [0.717, 1.165) is 10.6 Å². The Morgan fingerprint density at radius 1 is 1.06 bits per heavy atom. The molecule has 0 saturated carbocycles. The first kappa shape index (κ1) is 26.3. The summed E-state index contributed by atoms with van der Waals surface area (Å²) in [5.74, 6) is -0.273. The monoisotopic (exact) mass is 538 g/mol. The smallest absolute Gasteiger partial charge is 0.263 e. The Labute approximate surface area is 209 Å². The summed E-state index contributed by atoms with van der Waals surface area (Å²) < 4.78 is 58.8. The quantitative estimate of drug-likeness (QED) is 0.426. The fraction of sp³-hybridized carbons (Fsp3) is 0.182. The third kappa shape index (κ3) is 6.41. The second-order valence-electron chi connectivity index (χ2n) is 7.39. The van der Waals surface area contributed by atoms with Crippen LogP contribution < -0.4 is 19.1 Å². The molecular formula is C22H23ClN4O6S2. The first-order chi connectivity index (χ1) is 16.4. The molecule has 0 aliphatic rings. The van der Waals surface area contributed by atoms with Crippen molar-refractivity contribution in [3.05, 3.63) is 71.9 Å². The molecule has 0 spiro atoms. The van der Waals surface area contributed by atoms with Crippen molar-refractivity contribution in [3.8, 4) is 5.75 Å². The summed E-state index contributed by atoms with van der Waals surface area (Å²) in [7, 11) is -6.44. The van der Waals surface area contributed by atoms with E-state index in [9.17, 15) is 21.6 Å². The third-order valence-electron chi connectivity index (χ3n) is 4.80. The molecule has 0 radical (unpaired) electrons. The summed E-state index contributed by atoms with van der Waals surface area (Å²) in [6, 6.07) is 13.4. The van der Waals surface area contributed by atoms with Gasteiger partial charge in [0.25, 0.3) is 10.0 Å². The summed E-state index contributed by atoms with van der Waals surface area (Å²) in [4.78, 5) is 16.8. The van der Waals surface area contributed by atoms with Gasteiger partial charge in [0.15, 0.2) is 0 Å². The van der Waals surface area contributed by atoms with Gasteiger partial charge in [-0.25, -0.2) is 21.8 Å². The molecule has 1 atom stereocenters. The lowest BCUT2D eigenvalue weighted by molar-refractivity contribution is -0.116. The zero-order valence-electron chi connectivity index (χ0n) is 19.0. The average Bonchev–Trinajstić information content (AvgIpc) is 2.79. The number of benzene rings is 2. The predicted molar refractivity (Wildman–Crippen MR) is 135 cm³/mol. The lowest BCUT2D eigenvalue weighted by atomic mass is 10.2. The summed E-state index contributed by atoms with van der Waals surface area (Å²) in [5.41, 5.74) is 0.373. The number of amides is 1. The van der Waals surface area contributed by atoms with E-state index in [2.05, 4.69) is 15.0 Å². The molecule has 0 saturated heterocycles. The molecule has 2 N–H and O–H groups in total. The van der Waals surface area contributed by atoms with E-state index in [4.69, 9.17) is 16.3 Å². The van der Waals surface area contributed by atoms with Crippen LogP contribution in [0.5, 0.6) is 5.75 Å². The molecule has 2 aromatic carbocycles. The van der Waals surface area contributed by atoms with Crippen molar-refractivity contribution >= 4 is 54.7 Å². The standard InChI is InChI=1S/C22H23ClN4O6S2/c1-15(27(34(3,29)30)19-14-16(23)7-12-20(19)33-2)22(28)25-17-8-10-18(11-9-17)35(31,32)26-21-6-4-5-13-24-21/h4-15H,1-3H3,(H,24,26)(H,25,28)/t15-/m1/s1. The zero-order chi connectivity index (χ0) is 25.8. The fourth-order valence-corrected chi connectivity index (χ4v) is 5.54. The molecule has 13 heteroatoms. The number of methoxy groups -OCH3 is 1. The molecule has 0 aliphatic carbocycles. The molecule has 1 heterocycles. The van der Waals surface area contributed by atoms with Crippen molar-refractivity contribution in [2.75, 3.05) is 27.7 Å². The van der Waals surface area contributed by atoms with Gasteiger partial charge in [-0.2, -0.15) is 0 Å². The number of sulfonamides is 2. The van der Waals surface area contributed by atoms with Crippen LogP contribution in [0, 0.1) is 0 Å².